The van der Waals surface area contributed by atoms with E-state index in [2.05, 4.69) is 10.6 Å². The molecule has 2 rings (SSSR count). The van der Waals surface area contributed by atoms with E-state index in [9.17, 15) is 28.1 Å². The minimum Gasteiger partial charge on any atom is -0.352 e. The Morgan fingerprint density at radius 1 is 1.16 bits per heavy atom. The normalized spacial score (nSPS) is 12.0. The molecule has 0 aromatic heterocycles. The van der Waals surface area contributed by atoms with Gasteiger partial charge >= 0.3 is 0 Å². The number of para-hydroxylation sites is 1. The van der Waals surface area contributed by atoms with Gasteiger partial charge in [-0.1, -0.05) is 25.1 Å². The maximum Gasteiger partial charge on any atom is 0.271 e. The Bertz CT molecular complexity index is 1090. The minimum atomic E-state index is -3.96. The van der Waals surface area contributed by atoms with E-state index in [1.807, 2.05) is 6.92 Å². The number of carbonyl (C=O) groups excluding carboxylic acids is 2. The van der Waals surface area contributed by atoms with Crippen molar-refractivity contribution in [3.63, 3.8) is 0 Å². The lowest BCUT2D eigenvalue weighted by molar-refractivity contribution is -0.384. The summed E-state index contributed by atoms with van der Waals surface area (Å²) >= 11 is 0. The molecule has 0 aliphatic heterocycles. The van der Waals surface area contributed by atoms with Gasteiger partial charge in [-0.25, -0.2) is 8.42 Å². The average Bonchev–Trinajstić information content (AvgIpc) is 2.71. The first-order valence-electron chi connectivity index (χ1n) is 9.48. The predicted octanol–water partition coefficient (Wildman–Crippen LogP) is 2.53. The molecule has 0 spiro atoms. The SMILES string of the molecule is CCCNC(=O)c1ccccc1NC(=O)[C@@H](C)N(c1cccc([N+](=O)[O-])c1)S(C)(=O)=O. The fraction of sp³-hybridized carbons (Fsp3) is 0.300. The highest BCUT2D eigenvalue weighted by molar-refractivity contribution is 7.92. The number of anilines is 2. The second-order valence-electron chi connectivity index (χ2n) is 6.80. The Morgan fingerprint density at radius 3 is 2.45 bits per heavy atom. The summed E-state index contributed by atoms with van der Waals surface area (Å²) in [7, 11) is -3.96. The van der Waals surface area contributed by atoms with Gasteiger partial charge in [0.1, 0.15) is 6.04 Å². The van der Waals surface area contributed by atoms with E-state index in [-0.39, 0.29) is 28.5 Å². The number of nitrogens with zero attached hydrogens (tertiary/aromatic N) is 2. The first-order chi connectivity index (χ1) is 14.6. The van der Waals surface area contributed by atoms with Crippen molar-refractivity contribution in [2.24, 2.45) is 0 Å². The molecule has 0 saturated carbocycles. The summed E-state index contributed by atoms with van der Waals surface area (Å²) < 4.78 is 25.6. The molecule has 11 heteroatoms. The first kappa shape index (κ1) is 23.8. The van der Waals surface area contributed by atoms with Gasteiger partial charge < -0.3 is 10.6 Å². The summed E-state index contributed by atoms with van der Waals surface area (Å²) in [5.41, 5.74) is 0.128. The summed E-state index contributed by atoms with van der Waals surface area (Å²) in [6.07, 6.45) is 1.64. The molecule has 2 amide bonds. The van der Waals surface area contributed by atoms with Crippen molar-refractivity contribution in [3.8, 4) is 0 Å². The Morgan fingerprint density at radius 2 is 1.84 bits per heavy atom. The van der Waals surface area contributed by atoms with Crippen molar-refractivity contribution >= 4 is 38.9 Å². The van der Waals surface area contributed by atoms with Crippen molar-refractivity contribution in [3.05, 3.63) is 64.2 Å². The van der Waals surface area contributed by atoms with Gasteiger partial charge in [0.15, 0.2) is 0 Å². The number of rotatable bonds is 9. The second kappa shape index (κ2) is 10.0. The molecule has 2 aromatic rings. The van der Waals surface area contributed by atoms with Gasteiger partial charge in [-0.15, -0.1) is 0 Å². The van der Waals surface area contributed by atoms with Crippen LogP contribution in [0.15, 0.2) is 48.5 Å². The first-order valence-corrected chi connectivity index (χ1v) is 11.3. The van der Waals surface area contributed by atoms with Crippen molar-refractivity contribution < 1.29 is 22.9 Å². The lowest BCUT2D eigenvalue weighted by Crippen LogP contribution is -2.45. The Balaban J connectivity index is 2.35. The van der Waals surface area contributed by atoms with Crippen LogP contribution in [-0.2, 0) is 14.8 Å². The number of non-ortho nitro benzene ring substituents is 1. The van der Waals surface area contributed by atoms with Crippen molar-refractivity contribution in [1.82, 2.24) is 5.32 Å². The van der Waals surface area contributed by atoms with Crippen LogP contribution in [-0.4, -0.2) is 44.0 Å². The monoisotopic (exact) mass is 448 g/mol. The van der Waals surface area contributed by atoms with Gasteiger partial charge in [-0.2, -0.15) is 0 Å². The molecule has 0 saturated heterocycles. The molecule has 1 atom stereocenters. The molecule has 31 heavy (non-hydrogen) atoms. The number of nitro benzene ring substituents is 1. The zero-order valence-corrected chi connectivity index (χ0v) is 18.2. The number of sulfonamides is 1. The van der Waals surface area contributed by atoms with E-state index in [1.54, 1.807) is 18.2 Å². The summed E-state index contributed by atoms with van der Waals surface area (Å²) in [6, 6.07) is 10.1. The maximum atomic E-state index is 12.9. The number of amides is 2. The molecule has 0 unspecified atom stereocenters. The molecule has 0 heterocycles. The smallest absolute Gasteiger partial charge is 0.271 e. The van der Waals surface area contributed by atoms with Gasteiger partial charge in [-0.05, 0) is 31.5 Å². The highest BCUT2D eigenvalue weighted by atomic mass is 32.2. The number of nitro groups is 1. The summed E-state index contributed by atoms with van der Waals surface area (Å²) in [4.78, 5) is 35.7. The van der Waals surface area contributed by atoms with Crippen LogP contribution in [0.4, 0.5) is 17.1 Å². The maximum absolute atomic E-state index is 12.9. The number of carbonyl (C=O) groups is 2. The third-order valence-corrected chi connectivity index (χ3v) is 5.59. The van der Waals surface area contributed by atoms with Crippen LogP contribution in [0, 0.1) is 10.1 Å². The summed E-state index contributed by atoms with van der Waals surface area (Å²) in [6.45, 7) is 3.73. The molecular formula is C20H24N4O6S. The number of nitrogens with one attached hydrogen (secondary N) is 2. The molecule has 10 nitrogen and oxygen atoms in total. The standard InChI is InChI=1S/C20H24N4O6S/c1-4-12-21-20(26)17-10-5-6-11-18(17)22-19(25)14(2)23(31(3,29)30)15-8-7-9-16(13-15)24(27)28/h5-11,13-14H,4,12H2,1-3H3,(H,21,26)(H,22,25)/t14-/m1/s1. The quantitative estimate of drug-likeness (QED) is 0.446. The Kier molecular flexibility index (Phi) is 7.70. The summed E-state index contributed by atoms with van der Waals surface area (Å²) in [5.74, 6) is -1.07. The van der Waals surface area contributed by atoms with Gasteiger partial charge in [0.05, 0.1) is 28.1 Å². The van der Waals surface area contributed by atoms with E-state index in [0.29, 0.717) is 6.54 Å². The average molecular weight is 449 g/mol. The lowest BCUT2D eigenvalue weighted by atomic mass is 10.1. The molecule has 0 radical (unpaired) electrons. The molecule has 0 bridgehead atoms. The van der Waals surface area contributed by atoms with Crippen molar-refractivity contribution in [1.29, 1.82) is 0 Å². The largest absolute Gasteiger partial charge is 0.352 e. The van der Waals surface area contributed by atoms with Gasteiger partial charge in [0, 0.05) is 18.7 Å². The second-order valence-corrected chi connectivity index (χ2v) is 8.66. The van der Waals surface area contributed by atoms with Crippen LogP contribution in [0.5, 0.6) is 0 Å². The third kappa shape index (κ3) is 6.01. The van der Waals surface area contributed by atoms with Crippen LogP contribution in [0.25, 0.3) is 0 Å². The van der Waals surface area contributed by atoms with Crippen molar-refractivity contribution in [2.45, 2.75) is 26.3 Å². The number of benzene rings is 2. The van der Waals surface area contributed by atoms with E-state index in [4.69, 9.17) is 0 Å². The van der Waals surface area contributed by atoms with Crippen LogP contribution < -0.4 is 14.9 Å². The van der Waals surface area contributed by atoms with Gasteiger partial charge in [-0.3, -0.25) is 24.0 Å². The van der Waals surface area contributed by atoms with Crippen LogP contribution in [0.2, 0.25) is 0 Å². The summed E-state index contributed by atoms with van der Waals surface area (Å²) in [5, 5.41) is 16.4. The molecule has 2 N–H and O–H groups in total. The highest BCUT2D eigenvalue weighted by Crippen LogP contribution is 2.26. The Labute approximate surface area is 180 Å². The molecule has 0 fully saturated rings. The Hall–Kier alpha value is -3.47. The highest BCUT2D eigenvalue weighted by Gasteiger charge is 2.30. The van der Waals surface area contributed by atoms with Gasteiger partial charge in [0.2, 0.25) is 15.9 Å². The molecular weight excluding hydrogens is 424 g/mol. The van der Waals surface area contributed by atoms with Crippen LogP contribution in [0.3, 0.4) is 0 Å². The zero-order chi connectivity index (χ0) is 23.2. The van der Waals surface area contributed by atoms with Crippen molar-refractivity contribution in [2.75, 3.05) is 22.4 Å². The fourth-order valence-corrected chi connectivity index (χ4v) is 4.08. The van der Waals surface area contributed by atoms with Gasteiger partial charge in [0.25, 0.3) is 11.6 Å². The van der Waals surface area contributed by atoms with E-state index >= 15 is 0 Å². The molecule has 0 aliphatic carbocycles. The zero-order valence-electron chi connectivity index (χ0n) is 17.4. The van der Waals surface area contributed by atoms with E-state index in [1.165, 1.54) is 31.2 Å². The van der Waals surface area contributed by atoms with Crippen LogP contribution in [0.1, 0.15) is 30.6 Å². The minimum absolute atomic E-state index is 0.0201. The van der Waals surface area contributed by atoms with Crippen LogP contribution >= 0.6 is 0 Å². The molecule has 0 aliphatic rings. The fourth-order valence-electron chi connectivity index (χ4n) is 2.91. The van der Waals surface area contributed by atoms with E-state index in [0.717, 1.165) is 23.0 Å². The topological polar surface area (TPSA) is 139 Å². The molecule has 2 aromatic carbocycles. The van der Waals surface area contributed by atoms with E-state index < -0.39 is 26.9 Å². The third-order valence-electron chi connectivity index (χ3n) is 4.35. The lowest BCUT2D eigenvalue weighted by Gasteiger charge is -2.28. The number of hydrogen-bond donors (Lipinski definition) is 2. The molecule has 166 valence electrons. The predicted molar refractivity (Wildman–Crippen MR) is 118 cm³/mol. The number of hydrogen-bond acceptors (Lipinski definition) is 6.